The maximum atomic E-state index is 14.7. The Morgan fingerprint density at radius 3 is 2.47 bits per heavy atom. The SMILES string of the molecule is C[C@@H](NC(=O)c1cn([C@H]2C[C@@H]2C2CC2)c(=O)cc1N[C@H]1[C@@H]2CN(C)C[C@@H]21)c1cccc(C(F)F)c1F. The van der Waals surface area contributed by atoms with Gasteiger partial charge in [0.05, 0.1) is 22.9 Å². The highest BCUT2D eigenvalue weighted by Crippen LogP contribution is 2.56. The van der Waals surface area contributed by atoms with Crippen molar-refractivity contribution in [3.8, 4) is 0 Å². The summed E-state index contributed by atoms with van der Waals surface area (Å²) >= 11 is 0. The minimum atomic E-state index is -2.94. The average Bonchev–Trinajstić information content (AvgIpc) is 3.73. The number of pyridine rings is 1. The number of nitrogens with one attached hydrogen (secondary N) is 2. The number of amides is 1. The van der Waals surface area contributed by atoms with E-state index >= 15 is 0 Å². The van der Waals surface area contributed by atoms with E-state index in [4.69, 9.17) is 0 Å². The zero-order chi connectivity index (χ0) is 25.3. The smallest absolute Gasteiger partial charge is 0.266 e. The van der Waals surface area contributed by atoms with Crippen molar-refractivity contribution in [2.24, 2.45) is 23.7 Å². The van der Waals surface area contributed by atoms with Crippen LogP contribution in [0, 0.1) is 29.5 Å². The van der Waals surface area contributed by atoms with Gasteiger partial charge in [0, 0.05) is 43.0 Å². The van der Waals surface area contributed by atoms with Crippen LogP contribution in [0.15, 0.2) is 35.3 Å². The first-order valence-electron chi connectivity index (χ1n) is 12.8. The van der Waals surface area contributed by atoms with Gasteiger partial charge in [-0.1, -0.05) is 18.2 Å². The topological polar surface area (TPSA) is 66.4 Å². The number of nitrogens with zero attached hydrogens (tertiary/aromatic N) is 2. The number of fused-ring (bicyclic) bond motifs is 1. The summed E-state index contributed by atoms with van der Waals surface area (Å²) in [5.74, 6) is 0.656. The summed E-state index contributed by atoms with van der Waals surface area (Å²) in [5, 5.41) is 6.21. The lowest BCUT2D eigenvalue weighted by Crippen LogP contribution is -2.32. The lowest BCUT2D eigenvalue weighted by Gasteiger charge is -2.20. The Balaban J connectivity index is 1.27. The number of anilines is 1. The maximum Gasteiger partial charge on any atom is 0.266 e. The average molecular weight is 501 g/mol. The number of piperidine rings is 1. The Hall–Kier alpha value is -2.81. The predicted molar refractivity (Wildman–Crippen MR) is 130 cm³/mol. The standard InChI is InChI=1S/C27H31F3N4O2/c1-13(15-4-3-5-16(24(15)28)26(29)30)31-27(36)20-12-34(22-8-17(22)14-6-7-14)23(35)9-21(20)32-25-18-10-33(2)11-19(18)25/h3-5,9,12-14,17-19,22,25-26,32H,6-8,10-11H2,1-2H3,(H,31,36)/t13-,17-,18-,19+,22+,25+/m1/s1. The molecule has 1 aromatic carbocycles. The normalized spacial score (nSPS) is 29.7. The van der Waals surface area contributed by atoms with Gasteiger partial charge in [-0.2, -0.15) is 0 Å². The minimum Gasteiger partial charge on any atom is -0.381 e. The summed E-state index contributed by atoms with van der Waals surface area (Å²) in [7, 11) is 2.08. The fraction of sp³-hybridized carbons (Fsp3) is 0.556. The molecular weight excluding hydrogens is 469 g/mol. The molecule has 4 aliphatic rings. The van der Waals surface area contributed by atoms with Gasteiger partial charge in [0.2, 0.25) is 0 Å². The third kappa shape index (κ3) is 4.21. The monoisotopic (exact) mass is 500 g/mol. The van der Waals surface area contributed by atoms with Crippen molar-refractivity contribution in [2.45, 2.75) is 50.7 Å². The van der Waals surface area contributed by atoms with Crippen LogP contribution in [0.3, 0.4) is 0 Å². The Kier molecular flexibility index (Phi) is 5.66. The van der Waals surface area contributed by atoms with Crippen molar-refractivity contribution in [3.63, 3.8) is 0 Å². The number of likely N-dealkylation sites (tertiary alicyclic amines) is 1. The maximum absolute atomic E-state index is 14.7. The lowest BCUT2D eigenvalue weighted by molar-refractivity contribution is 0.0939. The Morgan fingerprint density at radius 1 is 1.11 bits per heavy atom. The van der Waals surface area contributed by atoms with Gasteiger partial charge in [0.15, 0.2) is 0 Å². The molecule has 1 amide bonds. The number of carbonyl (C=O) groups excluding carboxylic acids is 1. The quantitative estimate of drug-likeness (QED) is 0.566. The first kappa shape index (κ1) is 23.6. The minimum absolute atomic E-state index is 0.000247. The van der Waals surface area contributed by atoms with Crippen LogP contribution in [-0.4, -0.2) is 41.6 Å². The molecule has 3 aliphatic carbocycles. The Morgan fingerprint density at radius 2 is 1.81 bits per heavy atom. The van der Waals surface area contributed by atoms with Crippen LogP contribution >= 0.6 is 0 Å². The molecule has 36 heavy (non-hydrogen) atoms. The molecule has 6 nitrogen and oxygen atoms in total. The molecule has 6 rings (SSSR count). The number of halogens is 3. The van der Waals surface area contributed by atoms with E-state index in [9.17, 15) is 22.8 Å². The van der Waals surface area contributed by atoms with Gasteiger partial charge in [-0.15, -0.1) is 0 Å². The second-order valence-corrected chi connectivity index (χ2v) is 11.1. The third-order valence-corrected chi connectivity index (χ3v) is 8.52. The molecular formula is C27H31F3N4O2. The van der Waals surface area contributed by atoms with Crippen molar-refractivity contribution in [2.75, 3.05) is 25.5 Å². The second kappa shape index (κ2) is 8.64. The second-order valence-electron chi connectivity index (χ2n) is 11.1. The number of hydrogen-bond acceptors (Lipinski definition) is 4. The summed E-state index contributed by atoms with van der Waals surface area (Å²) in [5.41, 5.74) is -0.0109. The largest absolute Gasteiger partial charge is 0.381 e. The van der Waals surface area contributed by atoms with E-state index < -0.39 is 29.8 Å². The number of benzene rings is 1. The summed E-state index contributed by atoms with van der Waals surface area (Å²) in [4.78, 5) is 28.8. The van der Waals surface area contributed by atoms with E-state index in [1.54, 1.807) is 17.7 Å². The van der Waals surface area contributed by atoms with E-state index in [1.165, 1.54) is 31.0 Å². The van der Waals surface area contributed by atoms with Gasteiger partial charge in [-0.25, -0.2) is 13.2 Å². The van der Waals surface area contributed by atoms with Crippen LogP contribution < -0.4 is 16.2 Å². The molecule has 3 saturated carbocycles. The summed E-state index contributed by atoms with van der Waals surface area (Å²) < 4.78 is 42.8. The van der Waals surface area contributed by atoms with E-state index in [0.29, 0.717) is 34.9 Å². The molecule has 1 aliphatic heterocycles. The van der Waals surface area contributed by atoms with Gasteiger partial charge in [0.1, 0.15) is 5.82 Å². The molecule has 2 heterocycles. The van der Waals surface area contributed by atoms with Gasteiger partial charge in [0.25, 0.3) is 17.9 Å². The predicted octanol–water partition coefficient (Wildman–Crippen LogP) is 4.36. The number of hydrogen-bond donors (Lipinski definition) is 2. The Labute approximate surface area is 207 Å². The molecule has 0 spiro atoms. The molecule has 192 valence electrons. The Bertz CT molecular complexity index is 1250. The summed E-state index contributed by atoms with van der Waals surface area (Å²) in [6.07, 6.45) is 2.03. The number of carbonyl (C=O) groups is 1. The van der Waals surface area contributed by atoms with E-state index in [-0.39, 0.29) is 23.2 Å². The van der Waals surface area contributed by atoms with E-state index in [2.05, 4.69) is 22.6 Å². The molecule has 6 atom stereocenters. The van der Waals surface area contributed by atoms with Crippen molar-refractivity contribution < 1.29 is 18.0 Å². The van der Waals surface area contributed by atoms with Crippen molar-refractivity contribution in [1.82, 2.24) is 14.8 Å². The fourth-order valence-electron chi connectivity index (χ4n) is 6.21. The first-order valence-corrected chi connectivity index (χ1v) is 12.8. The highest BCUT2D eigenvalue weighted by Gasteiger charge is 2.55. The zero-order valence-corrected chi connectivity index (χ0v) is 20.4. The molecule has 0 bridgehead atoms. The van der Waals surface area contributed by atoms with Crippen LogP contribution in [0.1, 0.15) is 66.2 Å². The zero-order valence-electron chi connectivity index (χ0n) is 20.4. The number of alkyl halides is 2. The van der Waals surface area contributed by atoms with Gasteiger partial charge in [-0.3, -0.25) is 9.59 Å². The molecule has 0 unspecified atom stereocenters. The van der Waals surface area contributed by atoms with E-state index in [0.717, 1.165) is 25.6 Å². The molecule has 4 fully saturated rings. The van der Waals surface area contributed by atoms with Crippen molar-refractivity contribution >= 4 is 11.6 Å². The first-order chi connectivity index (χ1) is 17.2. The van der Waals surface area contributed by atoms with Crippen molar-refractivity contribution in [3.05, 3.63) is 63.3 Å². The molecule has 2 aromatic rings. The van der Waals surface area contributed by atoms with Crippen molar-refractivity contribution in [1.29, 1.82) is 0 Å². The van der Waals surface area contributed by atoms with Crippen LogP contribution in [0.5, 0.6) is 0 Å². The van der Waals surface area contributed by atoms with Gasteiger partial charge >= 0.3 is 0 Å². The summed E-state index contributed by atoms with van der Waals surface area (Å²) in [6, 6.07) is 4.81. The van der Waals surface area contributed by atoms with Crippen LogP contribution in [-0.2, 0) is 0 Å². The number of aromatic nitrogens is 1. The highest BCUT2D eigenvalue weighted by atomic mass is 19.3. The third-order valence-electron chi connectivity index (χ3n) is 8.52. The summed E-state index contributed by atoms with van der Waals surface area (Å²) in [6.45, 7) is 3.52. The van der Waals surface area contributed by atoms with Crippen LogP contribution in [0.25, 0.3) is 0 Å². The fourth-order valence-corrected chi connectivity index (χ4v) is 6.21. The van der Waals surface area contributed by atoms with Crippen LogP contribution in [0.2, 0.25) is 0 Å². The molecule has 2 N–H and O–H groups in total. The molecule has 0 radical (unpaired) electrons. The highest BCUT2D eigenvalue weighted by molar-refractivity contribution is 5.99. The van der Waals surface area contributed by atoms with E-state index in [1.807, 2.05) is 0 Å². The van der Waals surface area contributed by atoms with Crippen LogP contribution in [0.4, 0.5) is 18.9 Å². The molecule has 1 saturated heterocycles. The lowest BCUT2D eigenvalue weighted by atomic mass is 10.0. The van der Waals surface area contributed by atoms with Gasteiger partial charge < -0.3 is 20.1 Å². The molecule has 1 aromatic heterocycles. The molecule has 9 heteroatoms. The number of rotatable bonds is 8. The van der Waals surface area contributed by atoms with Gasteiger partial charge in [-0.05, 0) is 56.9 Å².